The zero-order valence-corrected chi connectivity index (χ0v) is 21.6. The molecule has 2 heterocycles. The molecule has 1 saturated carbocycles. The summed E-state index contributed by atoms with van der Waals surface area (Å²) in [7, 11) is 3.02. The Labute approximate surface area is 221 Å². The molecule has 1 aliphatic rings. The molecule has 1 amide bonds. The highest BCUT2D eigenvalue weighted by molar-refractivity contribution is 6.38. The lowest BCUT2D eigenvalue weighted by Crippen LogP contribution is -2.31. The number of amides is 1. The molecule has 8 nitrogen and oxygen atoms in total. The minimum Gasteiger partial charge on any atom is -0.480 e. The standard InChI is InChI=1S/C26H25ClF3N5O3/c1-14(5-10-19(31-2)26(28,29)30)25(37,20-12-32-13-35(20)3)15-6-9-18-17(11-15)22(27)21(24(34-18)38-4)23(36)33-16-7-8-16/h5-6,9-13,16,37H,2,7-8H2,1,3-4H3,(H,33,36)/b14-5+,19-10-. The Hall–Kier alpha value is -3.70. The second kappa shape index (κ2) is 10.2. The summed E-state index contributed by atoms with van der Waals surface area (Å²) < 4.78 is 46.5. The van der Waals surface area contributed by atoms with Gasteiger partial charge in [0.2, 0.25) is 5.88 Å². The molecule has 0 spiro atoms. The molecular weight excluding hydrogens is 523 g/mol. The Balaban J connectivity index is 1.92. The van der Waals surface area contributed by atoms with Gasteiger partial charge in [0.1, 0.15) is 11.3 Å². The number of alkyl halides is 3. The summed E-state index contributed by atoms with van der Waals surface area (Å²) >= 11 is 6.71. The number of hydrogen-bond acceptors (Lipinski definition) is 6. The van der Waals surface area contributed by atoms with Gasteiger partial charge in [-0.25, -0.2) is 9.97 Å². The number of halogens is 4. The van der Waals surface area contributed by atoms with E-state index < -0.39 is 23.4 Å². The fraction of sp³-hybridized carbons (Fsp3) is 0.308. The van der Waals surface area contributed by atoms with Crippen LogP contribution in [0, 0.1) is 0 Å². The normalized spacial score (nSPS) is 16.3. The molecule has 0 bridgehead atoms. The maximum absolute atomic E-state index is 13.2. The maximum Gasteiger partial charge on any atom is 0.433 e. The van der Waals surface area contributed by atoms with Crippen LogP contribution in [-0.2, 0) is 12.6 Å². The molecule has 2 aromatic heterocycles. The number of fused-ring (bicyclic) bond motifs is 1. The van der Waals surface area contributed by atoms with Crippen LogP contribution < -0.4 is 10.1 Å². The first kappa shape index (κ1) is 27.3. The summed E-state index contributed by atoms with van der Waals surface area (Å²) in [6.07, 6.45) is 1.74. The van der Waals surface area contributed by atoms with E-state index in [4.69, 9.17) is 16.3 Å². The Morgan fingerprint density at radius 3 is 2.61 bits per heavy atom. The van der Waals surface area contributed by atoms with Gasteiger partial charge in [0, 0.05) is 18.5 Å². The zero-order valence-electron chi connectivity index (χ0n) is 20.8. The topological polar surface area (TPSA) is 102 Å². The molecule has 200 valence electrons. The first-order valence-electron chi connectivity index (χ1n) is 11.5. The predicted octanol–water partition coefficient (Wildman–Crippen LogP) is 4.85. The van der Waals surface area contributed by atoms with Crippen molar-refractivity contribution in [1.29, 1.82) is 0 Å². The number of aryl methyl sites for hydroxylation is 1. The molecule has 4 rings (SSSR count). The molecule has 0 saturated heterocycles. The molecule has 1 aromatic carbocycles. The van der Waals surface area contributed by atoms with E-state index in [0.29, 0.717) is 10.9 Å². The predicted molar refractivity (Wildman–Crippen MR) is 137 cm³/mol. The number of methoxy groups -OCH3 is 1. The average Bonchev–Trinajstić information content (AvgIpc) is 3.58. The number of carbonyl (C=O) groups is 1. The number of carbonyl (C=O) groups excluding carboxylic acids is 1. The van der Waals surface area contributed by atoms with Gasteiger partial charge in [-0.1, -0.05) is 23.7 Å². The van der Waals surface area contributed by atoms with Crippen LogP contribution in [0.3, 0.4) is 0 Å². The van der Waals surface area contributed by atoms with Crippen LogP contribution in [0.2, 0.25) is 5.02 Å². The quantitative estimate of drug-likeness (QED) is 0.310. The average molecular weight is 548 g/mol. The third-order valence-electron chi connectivity index (χ3n) is 6.35. The van der Waals surface area contributed by atoms with Gasteiger partial charge in [-0.15, -0.1) is 0 Å². The van der Waals surface area contributed by atoms with Crippen LogP contribution in [0.5, 0.6) is 5.88 Å². The Morgan fingerprint density at radius 1 is 1.34 bits per heavy atom. The lowest BCUT2D eigenvalue weighted by atomic mass is 9.83. The van der Waals surface area contributed by atoms with Gasteiger partial charge in [-0.2, -0.15) is 13.2 Å². The third kappa shape index (κ3) is 5.03. The highest BCUT2D eigenvalue weighted by Crippen LogP contribution is 2.40. The first-order chi connectivity index (χ1) is 17.9. The van der Waals surface area contributed by atoms with E-state index >= 15 is 0 Å². The van der Waals surface area contributed by atoms with Crippen LogP contribution >= 0.6 is 11.6 Å². The van der Waals surface area contributed by atoms with Crippen LogP contribution in [0.1, 0.15) is 41.4 Å². The van der Waals surface area contributed by atoms with E-state index in [2.05, 4.69) is 27.0 Å². The number of pyridine rings is 1. The Kier molecular flexibility index (Phi) is 7.35. The summed E-state index contributed by atoms with van der Waals surface area (Å²) in [5, 5.41) is 15.4. The molecule has 0 radical (unpaired) electrons. The highest BCUT2D eigenvalue weighted by Gasteiger charge is 2.38. The van der Waals surface area contributed by atoms with Gasteiger partial charge in [-0.3, -0.25) is 9.79 Å². The molecule has 1 fully saturated rings. The zero-order chi connectivity index (χ0) is 27.8. The van der Waals surface area contributed by atoms with E-state index in [9.17, 15) is 23.1 Å². The van der Waals surface area contributed by atoms with Gasteiger partial charge in [0.25, 0.3) is 5.91 Å². The van der Waals surface area contributed by atoms with Crippen molar-refractivity contribution in [1.82, 2.24) is 19.9 Å². The number of imidazole rings is 1. The van der Waals surface area contributed by atoms with Gasteiger partial charge in [0.15, 0.2) is 5.60 Å². The number of rotatable bonds is 8. The van der Waals surface area contributed by atoms with Crippen LogP contribution in [0.15, 0.2) is 59.1 Å². The number of nitrogens with zero attached hydrogens (tertiary/aromatic N) is 4. The number of aromatic nitrogens is 3. The number of benzene rings is 1. The fourth-order valence-electron chi connectivity index (χ4n) is 4.10. The second-order valence-electron chi connectivity index (χ2n) is 8.95. The molecule has 12 heteroatoms. The van der Waals surface area contributed by atoms with Crippen molar-refractivity contribution in [3.05, 3.63) is 76.0 Å². The summed E-state index contributed by atoms with van der Waals surface area (Å²) in [4.78, 5) is 24.5. The first-order valence-corrected chi connectivity index (χ1v) is 11.9. The minimum absolute atomic E-state index is 0.0492. The molecular formula is C26H25ClF3N5O3. The van der Waals surface area contributed by atoms with Crippen molar-refractivity contribution in [2.24, 2.45) is 12.0 Å². The van der Waals surface area contributed by atoms with Gasteiger partial charge in [0.05, 0.1) is 35.9 Å². The molecule has 3 aromatic rings. The SMILES string of the molecule is C=N/C(=C\C=C(/C)C(O)(c1ccc2nc(OC)c(C(=O)NC3CC3)c(Cl)c2c1)c1cncn1C)C(F)(F)F. The van der Waals surface area contributed by atoms with E-state index in [-0.39, 0.29) is 39.3 Å². The van der Waals surface area contributed by atoms with Crippen LogP contribution in [0.4, 0.5) is 13.2 Å². The lowest BCUT2D eigenvalue weighted by Gasteiger charge is -2.30. The summed E-state index contributed by atoms with van der Waals surface area (Å²) in [5.74, 6) is -0.387. The van der Waals surface area contributed by atoms with Gasteiger partial charge in [-0.05, 0) is 55.8 Å². The molecule has 1 unspecified atom stereocenters. The summed E-state index contributed by atoms with van der Waals surface area (Å²) in [5.41, 5.74) is -2.03. The molecule has 1 aliphatic carbocycles. The molecule has 1 atom stereocenters. The van der Waals surface area contributed by atoms with Gasteiger partial charge < -0.3 is 19.7 Å². The van der Waals surface area contributed by atoms with Gasteiger partial charge >= 0.3 is 6.18 Å². The number of nitrogens with one attached hydrogen (secondary N) is 1. The van der Waals surface area contributed by atoms with E-state index in [1.807, 2.05) is 0 Å². The van der Waals surface area contributed by atoms with E-state index in [1.165, 1.54) is 26.6 Å². The van der Waals surface area contributed by atoms with E-state index in [0.717, 1.165) is 25.0 Å². The lowest BCUT2D eigenvalue weighted by molar-refractivity contribution is -0.0922. The summed E-state index contributed by atoms with van der Waals surface area (Å²) in [6.45, 7) is 4.46. The Bertz CT molecular complexity index is 1480. The van der Waals surface area contributed by atoms with E-state index in [1.54, 1.807) is 29.8 Å². The van der Waals surface area contributed by atoms with Crippen molar-refractivity contribution < 1.29 is 27.8 Å². The molecule has 38 heavy (non-hydrogen) atoms. The van der Waals surface area contributed by atoms with Crippen molar-refractivity contribution >= 4 is 35.1 Å². The van der Waals surface area contributed by atoms with Crippen molar-refractivity contribution in [3.63, 3.8) is 0 Å². The monoisotopic (exact) mass is 547 g/mol. The molecule has 0 aliphatic heterocycles. The van der Waals surface area contributed by atoms with Crippen molar-refractivity contribution in [2.45, 2.75) is 37.6 Å². The molecule has 2 N–H and O–H groups in total. The highest BCUT2D eigenvalue weighted by atomic mass is 35.5. The fourth-order valence-corrected chi connectivity index (χ4v) is 4.42. The maximum atomic E-state index is 13.2. The number of aliphatic imine (C=N–C) groups is 1. The third-order valence-corrected chi connectivity index (χ3v) is 6.74. The number of aliphatic hydroxyl groups is 1. The Morgan fingerprint density at radius 2 is 2.05 bits per heavy atom. The minimum atomic E-state index is -4.72. The van der Waals surface area contributed by atoms with Crippen LogP contribution in [-0.4, -0.2) is 51.6 Å². The number of ether oxygens (including phenoxy) is 1. The number of allylic oxidation sites excluding steroid dienone is 3. The van der Waals surface area contributed by atoms with Crippen LogP contribution in [0.25, 0.3) is 10.9 Å². The second-order valence-corrected chi connectivity index (χ2v) is 9.33. The largest absolute Gasteiger partial charge is 0.480 e. The smallest absolute Gasteiger partial charge is 0.433 e. The number of hydrogen-bond donors (Lipinski definition) is 2. The van der Waals surface area contributed by atoms with Crippen molar-refractivity contribution in [2.75, 3.05) is 7.11 Å². The summed E-state index contributed by atoms with van der Waals surface area (Å²) in [6, 6.07) is 4.76. The van der Waals surface area contributed by atoms with Crippen molar-refractivity contribution in [3.8, 4) is 5.88 Å².